The summed E-state index contributed by atoms with van der Waals surface area (Å²) in [6.07, 6.45) is 1.00. The quantitative estimate of drug-likeness (QED) is 0.859. The zero-order valence-corrected chi connectivity index (χ0v) is 14.3. The van der Waals surface area contributed by atoms with E-state index in [0.717, 1.165) is 12.0 Å². The Morgan fingerprint density at radius 3 is 2.57 bits per heavy atom. The summed E-state index contributed by atoms with van der Waals surface area (Å²) in [5.74, 6) is 1.28. The standard InChI is InChI=1S/C16H20ClNO2S/c1-5-10-8-9-21-16(10)14(18-2)11-6-7-12(19-3)13(17)15(11)20-4/h6-9,14,18H,5H2,1-4H3. The smallest absolute Gasteiger partial charge is 0.146 e. The van der Waals surface area contributed by atoms with E-state index in [1.807, 2.05) is 19.2 Å². The monoisotopic (exact) mass is 325 g/mol. The van der Waals surface area contributed by atoms with Crippen LogP contribution in [0.25, 0.3) is 0 Å². The van der Waals surface area contributed by atoms with Gasteiger partial charge in [-0.25, -0.2) is 0 Å². The van der Waals surface area contributed by atoms with Crippen molar-refractivity contribution in [2.24, 2.45) is 0 Å². The third-order valence-electron chi connectivity index (χ3n) is 3.54. The lowest BCUT2D eigenvalue weighted by Gasteiger charge is -2.21. The van der Waals surface area contributed by atoms with Gasteiger partial charge in [0.1, 0.15) is 16.5 Å². The fourth-order valence-corrected chi connectivity index (χ4v) is 3.92. The molecule has 0 radical (unpaired) electrons. The number of rotatable bonds is 6. The number of nitrogens with one attached hydrogen (secondary N) is 1. The zero-order valence-electron chi connectivity index (χ0n) is 12.7. The van der Waals surface area contributed by atoms with Gasteiger partial charge in [-0.2, -0.15) is 0 Å². The third kappa shape index (κ3) is 3.03. The molecule has 1 aromatic carbocycles. The topological polar surface area (TPSA) is 30.5 Å². The predicted octanol–water partition coefficient (Wildman–Crippen LogP) is 4.29. The van der Waals surface area contributed by atoms with Crippen LogP contribution in [0.4, 0.5) is 0 Å². The van der Waals surface area contributed by atoms with Gasteiger partial charge in [-0.1, -0.05) is 18.5 Å². The summed E-state index contributed by atoms with van der Waals surface area (Å²) in [5, 5.41) is 5.99. The van der Waals surface area contributed by atoms with Crippen LogP contribution < -0.4 is 14.8 Å². The number of methoxy groups -OCH3 is 2. The Morgan fingerprint density at radius 2 is 2.00 bits per heavy atom. The average Bonchev–Trinajstić information content (AvgIpc) is 2.97. The molecule has 0 aliphatic heterocycles. The maximum absolute atomic E-state index is 6.38. The molecule has 0 aliphatic carbocycles. The number of benzene rings is 1. The van der Waals surface area contributed by atoms with Crippen molar-refractivity contribution < 1.29 is 9.47 Å². The molecule has 1 heterocycles. The molecular weight excluding hydrogens is 306 g/mol. The van der Waals surface area contributed by atoms with Crippen molar-refractivity contribution in [2.75, 3.05) is 21.3 Å². The molecule has 114 valence electrons. The van der Waals surface area contributed by atoms with Crippen molar-refractivity contribution in [3.05, 3.63) is 44.6 Å². The molecule has 1 atom stereocenters. The molecule has 1 unspecified atom stereocenters. The van der Waals surface area contributed by atoms with Crippen LogP contribution in [0.5, 0.6) is 11.5 Å². The van der Waals surface area contributed by atoms with Crippen molar-refractivity contribution in [3.63, 3.8) is 0 Å². The van der Waals surface area contributed by atoms with Crippen LogP contribution in [0.2, 0.25) is 5.02 Å². The van der Waals surface area contributed by atoms with E-state index in [2.05, 4.69) is 23.7 Å². The molecular formula is C16H20ClNO2S. The Hall–Kier alpha value is -1.23. The summed E-state index contributed by atoms with van der Waals surface area (Å²) < 4.78 is 10.8. The van der Waals surface area contributed by atoms with Crippen molar-refractivity contribution in [1.82, 2.24) is 5.32 Å². The number of ether oxygens (including phenoxy) is 2. The van der Waals surface area contributed by atoms with Crippen LogP contribution in [0.1, 0.15) is 29.0 Å². The first kappa shape index (κ1) is 16.1. The summed E-state index contributed by atoms with van der Waals surface area (Å²) in [4.78, 5) is 1.29. The van der Waals surface area contributed by atoms with Crippen molar-refractivity contribution >= 4 is 22.9 Å². The molecule has 21 heavy (non-hydrogen) atoms. The Bertz CT molecular complexity index is 612. The Kier molecular flexibility index (Phi) is 5.51. The van der Waals surface area contributed by atoms with E-state index < -0.39 is 0 Å². The van der Waals surface area contributed by atoms with Crippen LogP contribution in [-0.2, 0) is 6.42 Å². The van der Waals surface area contributed by atoms with Gasteiger partial charge in [0.2, 0.25) is 0 Å². The molecule has 3 nitrogen and oxygen atoms in total. The lowest BCUT2D eigenvalue weighted by atomic mass is 10.0. The van der Waals surface area contributed by atoms with Crippen molar-refractivity contribution in [3.8, 4) is 11.5 Å². The van der Waals surface area contributed by atoms with E-state index in [1.54, 1.807) is 25.6 Å². The van der Waals surface area contributed by atoms with Crippen LogP contribution >= 0.6 is 22.9 Å². The Morgan fingerprint density at radius 1 is 1.24 bits per heavy atom. The molecule has 2 rings (SSSR count). The number of aryl methyl sites for hydroxylation is 1. The minimum atomic E-state index is 0.0540. The molecule has 1 aromatic heterocycles. The summed E-state index contributed by atoms with van der Waals surface area (Å²) in [6.45, 7) is 2.16. The lowest BCUT2D eigenvalue weighted by molar-refractivity contribution is 0.389. The highest BCUT2D eigenvalue weighted by Gasteiger charge is 2.23. The number of hydrogen-bond donors (Lipinski definition) is 1. The normalized spacial score (nSPS) is 12.2. The van der Waals surface area contributed by atoms with Gasteiger partial charge in [0.05, 0.1) is 20.3 Å². The molecule has 5 heteroatoms. The van der Waals surface area contributed by atoms with E-state index in [4.69, 9.17) is 21.1 Å². The summed E-state index contributed by atoms with van der Waals surface area (Å²) >= 11 is 8.12. The fraction of sp³-hybridized carbons (Fsp3) is 0.375. The second-order valence-corrected chi connectivity index (χ2v) is 5.92. The Balaban J connectivity index is 2.55. The van der Waals surface area contributed by atoms with Crippen LogP contribution in [0.3, 0.4) is 0 Å². The van der Waals surface area contributed by atoms with Gasteiger partial charge in [-0.15, -0.1) is 11.3 Å². The highest BCUT2D eigenvalue weighted by atomic mass is 35.5. The van der Waals surface area contributed by atoms with E-state index >= 15 is 0 Å². The van der Waals surface area contributed by atoms with Gasteiger partial charge in [0.15, 0.2) is 0 Å². The minimum absolute atomic E-state index is 0.0540. The molecule has 1 N–H and O–H groups in total. The second-order valence-electron chi connectivity index (χ2n) is 4.59. The largest absolute Gasteiger partial charge is 0.495 e. The molecule has 0 bridgehead atoms. The second kappa shape index (κ2) is 7.16. The fourth-order valence-electron chi connectivity index (χ4n) is 2.47. The molecule has 0 aliphatic rings. The van der Waals surface area contributed by atoms with Gasteiger partial charge in [0.25, 0.3) is 0 Å². The number of halogens is 1. The highest BCUT2D eigenvalue weighted by Crippen LogP contribution is 2.42. The maximum Gasteiger partial charge on any atom is 0.146 e. The Labute approximate surface area is 134 Å². The van der Waals surface area contributed by atoms with Crippen molar-refractivity contribution in [1.29, 1.82) is 0 Å². The lowest BCUT2D eigenvalue weighted by Crippen LogP contribution is -2.18. The first-order valence-corrected chi connectivity index (χ1v) is 8.07. The van der Waals surface area contributed by atoms with Gasteiger partial charge in [-0.3, -0.25) is 0 Å². The molecule has 0 fully saturated rings. The van der Waals surface area contributed by atoms with Crippen LogP contribution in [0, 0.1) is 0 Å². The van der Waals surface area contributed by atoms with Gasteiger partial charge in [-0.05, 0) is 42.6 Å². The van der Waals surface area contributed by atoms with E-state index in [9.17, 15) is 0 Å². The number of thiophene rings is 1. The van der Waals surface area contributed by atoms with Gasteiger partial charge < -0.3 is 14.8 Å². The minimum Gasteiger partial charge on any atom is -0.495 e. The van der Waals surface area contributed by atoms with Crippen LogP contribution in [0.15, 0.2) is 23.6 Å². The third-order valence-corrected chi connectivity index (χ3v) is 4.92. The van der Waals surface area contributed by atoms with Gasteiger partial charge >= 0.3 is 0 Å². The maximum atomic E-state index is 6.38. The zero-order chi connectivity index (χ0) is 15.4. The first-order valence-electron chi connectivity index (χ1n) is 6.81. The van der Waals surface area contributed by atoms with E-state index in [-0.39, 0.29) is 6.04 Å². The SMILES string of the molecule is CCc1ccsc1C(NC)c1ccc(OC)c(Cl)c1OC. The number of hydrogen-bond acceptors (Lipinski definition) is 4. The predicted molar refractivity (Wildman–Crippen MR) is 89.2 cm³/mol. The van der Waals surface area contributed by atoms with Crippen LogP contribution in [-0.4, -0.2) is 21.3 Å². The summed E-state index contributed by atoms with van der Waals surface area (Å²) in [6, 6.07) is 6.11. The highest BCUT2D eigenvalue weighted by molar-refractivity contribution is 7.10. The average molecular weight is 326 g/mol. The molecule has 0 saturated heterocycles. The molecule has 0 amide bonds. The molecule has 0 spiro atoms. The summed E-state index contributed by atoms with van der Waals surface area (Å²) in [7, 11) is 5.18. The first-order chi connectivity index (χ1) is 10.2. The summed E-state index contributed by atoms with van der Waals surface area (Å²) in [5.41, 5.74) is 2.36. The van der Waals surface area contributed by atoms with Gasteiger partial charge in [0, 0.05) is 10.4 Å². The molecule has 0 saturated carbocycles. The van der Waals surface area contributed by atoms with E-state index in [0.29, 0.717) is 16.5 Å². The van der Waals surface area contributed by atoms with Crippen molar-refractivity contribution in [2.45, 2.75) is 19.4 Å². The van der Waals surface area contributed by atoms with E-state index in [1.165, 1.54) is 10.4 Å². The molecule has 2 aromatic rings.